The maximum absolute atomic E-state index is 12.5. The van der Waals surface area contributed by atoms with Crippen molar-refractivity contribution in [1.29, 1.82) is 0 Å². The molecule has 0 fully saturated rings. The van der Waals surface area contributed by atoms with E-state index >= 15 is 0 Å². The summed E-state index contributed by atoms with van der Waals surface area (Å²) in [6, 6.07) is 0. The molecule has 0 aromatic rings. The molecular formula is C40H75O8P. The lowest BCUT2D eigenvalue weighted by Crippen LogP contribution is -2.29. The van der Waals surface area contributed by atoms with E-state index < -0.39 is 26.5 Å². The highest BCUT2D eigenvalue weighted by Crippen LogP contribution is 2.42. The molecule has 49 heavy (non-hydrogen) atoms. The van der Waals surface area contributed by atoms with Gasteiger partial charge in [0.15, 0.2) is 6.10 Å². The van der Waals surface area contributed by atoms with Gasteiger partial charge in [-0.1, -0.05) is 147 Å². The van der Waals surface area contributed by atoms with Gasteiger partial charge in [0.05, 0.1) is 6.61 Å². The summed E-state index contributed by atoms with van der Waals surface area (Å²) in [5, 5.41) is 0. The van der Waals surface area contributed by atoms with Crippen LogP contribution < -0.4 is 0 Å². The average molecular weight is 715 g/mol. The van der Waals surface area contributed by atoms with E-state index in [0.29, 0.717) is 6.42 Å². The lowest BCUT2D eigenvalue weighted by atomic mass is 10.1. The van der Waals surface area contributed by atoms with E-state index in [1.807, 2.05) is 0 Å². The molecule has 0 aliphatic carbocycles. The van der Waals surface area contributed by atoms with Crippen LogP contribution in [-0.4, -0.2) is 43.3 Å². The van der Waals surface area contributed by atoms with Crippen LogP contribution in [0.3, 0.4) is 0 Å². The Bertz CT molecular complexity index is 859. The molecule has 0 rings (SSSR count). The molecule has 0 aliphatic rings. The summed E-state index contributed by atoms with van der Waals surface area (Å²) in [6.07, 6.45) is 39.4. The standard InChI is InChI=1S/C40H75O8P/c1-4-6-8-10-12-14-16-17-18-19-20-21-22-23-25-27-29-31-33-35-40(42)48-38(37-47-49(43,44)45-3)36-46-39(41)34-32-30-28-26-24-15-13-11-9-7-5-2/h11,13,17-18,38H,4-10,12,14-16,19-37H2,1-3H3,(H,43,44)/b13-11-,18-17-. The summed E-state index contributed by atoms with van der Waals surface area (Å²) in [6.45, 7) is 3.83. The second-order valence-corrected chi connectivity index (χ2v) is 15.0. The van der Waals surface area contributed by atoms with Crippen LogP contribution in [-0.2, 0) is 32.7 Å². The highest BCUT2D eigenvalue weighted by molar-refractivity contribution is 7.47. The Balaban J connectivity index is 3.99. The Morgan fingerprint density at radius 1 is 0.551 bits per heavy atom. The van der Waals surface area contributed by atoms with Crippen LogP contribution in [0.2, 0.25) is 0 Å². The number of hydrogen-bond acceptors (Lipinski definition) is 7. The van der Waals surface area contributed by atoms with Crippen LogP contribution >= 0.6 is 7.82 Å². The third-order valence-corrected chi connectivity index (χ3v) is 9.60. The average Bonchev–Trinajstić information content (AvgIpc) is 3.09. The van der Waals surface area contributed by atoms with Gasteiger partial charge < -0.3 is 14.4 Å². The lowest BCUT2D eigenvalue weighted by Gasteiger charge is -2.19. The monoisotopic (exact) mass is 715 g/mol. The van der Waals surface area contributed by atoms with E-state index in [4.69, 9.17) is 14.0 Å². The van der Waals surface area contributed by atoms with E-state index in [1.54, 1.807) is 0 Å². The zero-order valence-corrected chi connectivity index (χ0v) is 32.7. The fourth-order valence-corrected chi connectivity index (χ4v) is 5.98. The van der Waals surface area contributed by atoms with Gasteiger partial charge in [-0.25, -0.2) is 4.57 Å². The van der Waals surface area contributed by atoms with Crippen molar-refractivity contribution < 1.29 is 37.6 Å². The number of phosphoric ester groups is 1. The number of hydrogen-bond donors (Lipinski definition) is 1. The molecule has 0 saturated carbocycles. The van der Waals surface area contributed by atoms with Crippen LogP contribution in [0.25, 0.3) is 0 Å². The molecule has 2 atom stereocenters. The molecule has 0 aromatic heterocycles. The first-order valence-electron chi connectivity index (χ1n) is 20.0. The SMILES string of the molecule is CCCC/C=C\CCCCCCCC(=O)OCC(COP(=O)(O)OC)OC(=O)CCCCCCCCCCC/C=C\CCCCCCCC. The minimum Gasteiger partial charge on any atom is -0.462 e. The second kappa shape index (κ2) is 36.3. The van der Waals surface area contributed by atoms with Gasteiger partial charge >= 0.3 is 19.8 Å². The summed E-state index contributed by atoms with van der Waals surface area (Å²) >= 11 is 0. The summed E-state index contributed by atoms with van der Waals surface area (Å²) in [5.41, 5.74) is 0. The third-order valence-electron chi connectivity index (χ3n) is 8.67. The highest BCUT2D eigenvalue weighted by Gasteiger charge is 2.24. The molecule has 0 amide bonds. The number of rotatable bonds is 37. The number of esters is 2. The second-order valence-electron chi connectivity index (χ2n) is 13.4. The van der Waals surface area contributed by atoms with Crippen molar-refractivity contribution in [1.82, 2.24) is 0 Å². The summed E-state index contributed by atoms with van der Waals surface area (Å²) in [7, 11) is -3.20. The predicted octanol–water partition coefficient (Wildman–Crippen LogP) is 12.3. The zero-order valence-electron chi connectivity index (χ0n) is 31.9. The Hall–Kier alpha value is -1.47. The minimum atomic E-state index is -4.26. The molecule has 9 heteroatoms. The summed E-state index contributed by atoms with van der Waals surface area (Å²) in [4.78, 5) is 34.3. The molecule has 288 valence electrons. The number of phosphoric acid groups is 1. The van der Waals surface area contributed by atoms with Crippen LogP contribution in [0.15, 0.2) is 24.3 Å². The largest absolute Gasteiger partial charge is 0.472 e. The first kappa shape index (κ1) is 47.5. The normalized spacial score (nSPS) is 13.6. The van der Waals surface area contributed by atoms with Crippen molar-refractivity contribution in [3.05, 3.63) is 24.3 Å². The van der Waals surface area contributed by atoms with Crippen LogP contribution in [0.4, 0.5) is 0 Å². The molecule has 0 bridgehead atoms. The first-order chi connectivity index (χ1) is 23.8. The van der Waals surface area contributed by atoms with Crippen molar-refractivity contribution in [2.24, 2.45) is 0 Å². The van der Waals surface area contributed by atoms with Crippen LogP contribution in [0.5, 0.6) is 0 Å². The molecule has 0 radical (unpaired) electrons. The van der Waals surface area contributed by atoms with E-state index in [9.17, 15) is 19.0 Å². The van der Waals surface area contributed by atoms with Gasteiger partial charge in [-0.3, -0.25) is 18.6 Å². The van der Waals surface area contributed by atoms with E-state index in [-0.39, 0.29) is 25.4 Å². The molecule has 0 aromatic carbocycles. The summed E-state index contributed by atoms with van der Waals surface area (Å²) in [5.74, 6) is -0.814. The summed E-state index contributed by atoms with van der Waals surface area (Å²) < 4.78 is 31.9. The Kier molecular flexibility index (Phi) is 35.2. The van der Waals surface area contributed by atoms with Gasteiger partial charge in [-0.05, 0) is 57.8 Å². The van der Waals surface area contributed by atoms with Gasteiger partial charge in [-0.2, -0.15) is 0 Å². The fraction of sp³-hybridized carbons (Fsp3) is 0.850. The lowest BCUT2D eigenvalue weighted by molar-refractivity contribution is -0.161. The smallest absolute Gasteiger partial charge is 0.462 e. The van der Waals surface area contributed by atoms with Gasteiger partial charge in [0.25, 0.3) is 0 Å². The van der Waals surface area contributed by atoms with Gasteiger partial charge in [0, 0.05) is 20.0 Å². The molecule has 8 nitrogen and oxygen atoms in total. The molecule has 0 aliphatic heterocycles. The van der Waals surface area contributed by atoms with Gasteiger partial charge in [0.1, 0.15) is 6.61 Å². The van der Waals surface area contributed by atoms with Crippen molar-refractivity contribution in [2.75, 3.05) is 20.3 Å². The Morgan fingerprint density at radius 3 is 1.39 bits per heavy atom. The molecule has 0 heterocycles. The maximum atomic E-state index is 12.5. The Labute approximate surface area is 301 Å². The molecular weight excluding hydrogens is 639 g/mol. The Morgan fingerprint density at radius 2 is 0.939 bits per heavy atom. The van der Waals surface area contributed by atoms with Crippen molar-refractivity contribution in [3.8, 4) is 0 Å². The van der Waals surface area contributed by atoms with Gasteiger partial charge in [-0.15, -0.1) is 0 Å². The van der Waals surface area contributed by atoms with Crippen molar-refractivity contribution in [2.45, 2.75) is 200 Å². The number of ether oxygens (including phenoxy) is 2. The first-order valence-corrected chi connectivity index (χ1v) is 21.5. The number of allylic oxidation sites excluding steroid dienone is 4. The third kappa shape index (κ3) is 36.1. The van der Waals surface area contributed by atoms with E-state index in [0.717, 1.165) is 64.9 Å². The zero-order chi connectivity index (χ0) is 36.1. The maximum Gasteiger partial charge on any atom is 0.472 e. The quantitative estimate of drug-likeness (QED) is 0.0293. The molecule has 0 saturated heterocycles. The highest BCUT2D eigenvalue weighted by atomic mass is 31.2. The van der Waals surface area contributed by atoms with E-state index in [1.165, 1.54) is 103 Å². The van der Waals surface area contributed by atoms with E-state index in [2.05, 4.69) is 42.7 Å². The molecule has 1 N–H and O–H groups in total. The number of unbranched alkanes of at least 4 members (excludes halogenated alkanes) is 22. The number of carbonyl (C=O) groups excluding carboxylic acids is 2. The minimum absolute atomic E-state index is 0.228. The van der Waals surface area contributed by atoms with Gasteiger partial charge in [0.2, 0.25) is 0 Å². The number of carbonyl (C=O) groups is 2. The fourth-order valence-electron chi connectivity index (χ4n) is 5.52. The topological polar surface area (TPSA) is 108 Å². The molecule has 2 unspecified atom stereocenters. The predicted molar refractivity (Wildman–Crippen MR) is 203 cm³/mol. The van der Waals surface area contributed by atoms with Crippen molar-refractivity contribution in [3.63, 3.8) is 0 Å². The molecule has 0 spiro atoms. The van der Waals surface area contributed by atoms with Crippen molar-refractivity contribution >= 4 is 19.8 Å². The van der Waals surface area contributed by atoms with Crippen LogP contribution in [0.1, 0.15) is 194 Å². The van der Waals surface area contributed by atoms with Crippen LogP contribution in [0, 0.1) is 0 Å².